The molecule has 0 spiro atoms. The summed E-state index contributed by atoms with van der Waals surface area (Å²) in [4.78, 5) is 0. The van der Waals surface area contributed by atoms with Gasteiger partial charge in [-0.3, -0.25) is 0 Å². The van der Waals surface area contributed by atoms with Gasteiger partial charge in [-0.2, -0.15) is 11.8 Å². The van der Waals surface area contributed by atoms with E-state index in [2.05, 4.69) is 12.1 Å². The minimum atomic E-state index is 0.171. The lowest BCUT2D eigenvalue weighted by Gasteiger charge is -2.08. The van der Waals surface area contributed by atoms with Crippen LogP contribution in [-0.4, -0.2) is 27.5 Å². The predicted octanol–water partition coefficient (Wildman–Crippen LogP) is 4.19. The van der Waals surface area contributed by atoms with Crippen LogP contribution in [0.3, 0.4) is 0 Å². The molecular formula is C15H23NO2S. The van der Waals surface area contributed by atoms with Crippen molar-refractivity contribution in [2.75, 3.05) is 11.5 Å². The fourth-order valence-electron chi connectivity index (χ4n) is 1.84. The fourth-order valence-corrected chi connectivity index (χ4v) is 2.80. The molecule has 0 saturated carbocycles. The van der Waals surface area contributed by atoms with Gasteiger partial charge in [0, 0.05) is 11.3 Å². The van der Waals surface area contributed by atoms with Crippen molar-refractivity contribution in [2.24, 2.45) is 5.16 Å². The number of thioether (sulfide) groups is 1. The second-order valence-corrected chi connectivity index (χ2v) is 5.79. The van der Waals surface area contributed by atoms with Gasteiger partial charge in [0.1, 0.15) is 11.5 Å². The van der Waals surface area contributed by atoms with E-state index >= 15 is 0 Å². The van der Waals surface area contributed by atoms with Crippen molar-refractivity contribution in [3.8, 4) is 5.75 Å². The quantitative estimate of drug-likeness (QED) is 0.325. The van der Waals surface area contributed by atoms with Gasteiger partial charge in [0.15, 0.2) is 0 Å². The largest absolute Gasteiger partial charge is 0.507 e. The Hall–Kier alpha value is -1.16. The monoisotopic (exact) mass is 281 g/mol. The zero-order valence-electron chi connectivity index (χ0n) is 11.7. The van der Waals surface area contributed by atoms with Gasteiger partial charge in [-0.05, 0) is 31.2 Å². The first-order valence-electron chi connectivity index (χ1n) is 6.77. The van der Waals surface area contributed by atoms with Crippen molar-refractivity contribution in [2.45, 2.75) is 39.5 Å². The number of benzene rings is 1. The molecule has 4 heteroatoms. The molecule has 19 heavy (non-hydrogen) atoms. The number of phenols is 1. The van der Waals surface area contributed by atoms with E-state index in [9.17, 15) is 5.11 Å². The molecule has 0 aliphatic heterocycles. The molecule has 0 aliphatic rings. The van der Waals surface area contributed by atoms with Gasteiger partial charge in [-0.1, -0.05) is 43.0 Å². The van der Waals surface area contributed by atoms with Gasteiger partial charge in [0.05, 0.1) is 0 Å². The summed E-state index contributed by atoms with van der Waals surface area (Å²) in [5.74, 6) is 1.86. The maximum absolute atomic E-state index is 9.81. The van der Waals surface area contributed by atoms with E-state index in [-0.39, 0.29) is 5.75 Å². The molecule has 2 N–H and O–H groups in total. The Morgan fingerprint density at radius 2 is 2.05 bits per heavy atom. The van der Waals surface area contributed by atoms with Gasteiger partial charge in [0.2, 0.25) is 0 Å². The average Bonchev–Trinajstić information content (AvgIpc) is 2.41. The Morgan fingerprint density at radius 1 is 1.26 bits per heavy atom. The van der Waals surface area contributed by atoms with E-state index in [1.54, 1.807) is 17.8 Å². The topological polar surface area (TPSA) is 52.8 Å². The Morgan fingerprint density at radius 3 is 2.74 bits per heavy atom. The number of aromatic hydroxyl groups is 1. The third-order valence-corrected chi connectivity index (χ3v) is 4.02. The third-order valence-electron chi connectivity index (χ3n) is 2.96. The number of hydrogen-bond donors (Lipinski definition) is 2. The van der Waals surface area contributed by atoms with E-state index in [0.717, 1.165) is 11.3 Å². The van der Waals surface area contributed by atoms with Gasteiger partial charge in [0.25, 0.3) is 0 Å². The molecule has 0 heterocycles. The summed E-state index contributed by atoms with van der Waals surface area (Å²) in [6.07, 6.45) is 4.97. The van der Waals surface area contributed by atoms with Crippen molar-refractivity contribution in [3.05, 3.63) is 29.3 Å². The lowest BCUT2D eigenvalue weighted by Crippen LogP contribution is -2.06. The average molecular weight is 281 g/mol. The van der Waals surface area contributed by atoms with Gasteiger partial charge in [-0.25, -0.2) is 0 Å². The van der Waals surface area contributed by atoms with Crippen LogP contribution in [0.1, 0.15) is 43.7 Å². The molecule has 0 fully saturated rings. The molecular weight excluding hydrogens is 258 g/mol. The van der Waals surface area contributed by atoms with Crippen molar-refractivity contribution < 1.29 is 10.3 Å². The summed E-state index contributed by atoms with van der Waals surface area (Å²) in [5.41, 5.74) is 2.21. The van der Waals surface area contributed by atoms with E-state index in [0.29, 0.717) is 17.0 Å². The first kappa shape index (κ1) is 15.9. The van der Waals surface area contributed by atoms with Gasteiger partial charge >= 0.3 is 0 Å². The molecule has 0 amide bonds. The predicted molar refractivity (Wildman–Crippen MR) is 82.6 cm³/mol. The van der Waals surface area contributed by atoms with Crippen LogP contribution in [0.15, 0.2) is 23.4 Å². The smallest absolute Gasteiger partial charge is 0.124 e. The number of nitrogens with zero attached hydrogens (tertiary/aromatic N) is 1. The van der Waals surface area contributed by atoms with E-state index < -0.39 is 0 Å². The van der Waals surface area contributed by atoms with E-state index in [1.807, 2.05) is 19.1 Å². The highest BCUT2D eigenvalue weighted by molar-refractivity contribution is 7.99. The lowest BCUT2D eigenvalue weighted by molar-refractivity contribution is 0.319. The summed E-state index contributed by atoms with van der Waals surface area (Å²) in [6, 6.07) is 5.33. The summed E-state index contributed by atoms with van der Waals surface area (Å²) in [6.45, 7) is 4.15. The number of hydrogen-bond acceptors (Lipinski definition) is 4. The highest BCUT2D eigenvalue weighted by atomic mass is 32.2. The molecule has 106 valence electrons. The number of oxime groups is 1. The summed E-state index contributed by atoms with van der Waals surface area (Å²) < 4.78 is 0. The molecule has 0 atom stereocenters. The molecule has 0 radical (unpaired) electrons. The molecule has 0 unspecified atom stereocenters. The molecule has 0 aromatic heterocycles. The Kier molecular flexibility index (Phi) is 7.41. The minimum absolute atomic E-state index is 0.171. The highest BCUT2D eigenvalue weighted by Gasteiger charge is 2.10. The van der Waals surface area contributed by atoms with Crippen LogP contribution in [0.2, 0.25) is 0 Å². The van der Waals surface area contributed by atoms with Crippen LogP contribution in [0.4, 0.5) is 0 Å². The highest BCUT2D eigenvalue weighted by Crippen LogP contribution is 2.21. The van der Waals surface area contributed by atoms with Crippen molar-refractivity contribution in [1.82, 2.24) is 0 Å². The van der Waals surface area contributed by atoms with Crippen LogP contribution in [-0.2, 0) is 0 Å². The third kappa shape index (κ3) is 5.55. The minimum Gasteiger partial charge on any atom is -0.507 e. The van der Waals surface area contributed by atoms with Crippen molar-refractivity contribution in [1.29, 1.82) is 0 Å². The molecule has 0 saturated heterocycles. The number of phenolic OH excluding ortho intramolecular Hbond substituents is 1. The van der Waals surface area contributed by atoms with Gasteiger partial charge < -0.3 is 10.3 Å². The van der Waals surface area contributed by atoms with E-state index in [4.69, 9.17) is 5.21 Å². The molecule has 3 nitrogen and oxygen atoms in total. The number of unbranched alkanes of at least 4 members (excludes halogenated alkanes) is 3. The molecule has 1 aromatic carbocycles. The maximum atomic E-state index is 9.81. The Labute approximate surface area is 119 Å². The normalized spacial score (nSPS) is 11.8. The lowest BCUT2D eigenvalue weighted by atomic mass is 10.1. The Bertz CT molecular complexity index is 419. The second-order valence-electron chi connectivity index (χ2n) is 4.68. The van der Waals surface area contributed by atoms with Crippen molar-refractivity contribution >= 4 is 17.5 Å². The first-order chi connectivity index (χ1) is 9.19. The molecule has 1 rings (SSSR count). The van der Waals surface area contributed by atoms with Crippen LogP contribution in [0, 0.1) is 6.92 Å². The van der Waals surface area contributed by atoms with Crippen LogP contribution >= 0.6 is 11.8 Å². The summed E-state index contributed by atoms with van der Waals surface area (Å²) >= 11 is 1.74. The zero-order valence-corrected chi connectivity index (χ0v) is 12.5. The fraction of sp³-hybridized carbons (Fsp3) is 0.533. The van der Waals surface area contributed by atoms with Crippen molar-refractivity contribution in [3.63, 3.8) is 0 Å². The first-order valence-corrected chi connectivity index (χ1v) is 7.93. The maximum Gasteiger partial charge on any atom is 0.124 e. The van der Waals surface area contributed by atoms with Crippen LogP contribution in [0.5, 0.6) is 5.75 Å². The molecule has 1 aromatic rings. The molecule has 0 bridgehead atoms. The SMILES string of the molecule is CCCCCCSC/C(=N/O)c1cc(C)ccc1O. The van der Waals surface area contributed by atoms with Crippen LogP contribution in [0.25, 0.3) is 0 Å². The second kappa shape index (κ2) is 8.86. The summed E-state index contributed by atoms with van der Waals surface area (Å²) in [5, 5.41) is 22.2. The van der Waals surface area contributed by atoms with E-state index in [1.165, 1.54) is 25.7 Å². The number of rotatable bonds is 8. The Balaban J connectivity index is 2.48. The molecule has 0 aliphatic carbocycles. The standard InChI is InChI=1S/C15H23NO2S/c1-3-4-5-6-9-19-11-14(16-18)13-10-12(2)7-8-15(13)17/h7-8,10,17-18H,3-6,9,11H2,1-2H3/b16-14-. The zero-order chi connectivity index (χ0) is 14.1. The van der Waals surface area contributed by atoms with Crippen LogP contribution < -0.4 is 0 Å². The van der Waals surface area contributed by atoms with Gasteiger partial charge in [-0.15, -0.1) is 0 Å². The summed E-state index contributed by atoms with van der Waals surface area (Å²) in [7, 11) is 0. The number of aryl methyl sites for hydroxylation is 1.